The molecule has 0 aliphatic rings. The third-order valence-electron chi connectivity index (χ3n) is 2.86. The average molecular weight is 311 g/mol. The van der Waals surface area contributed by atoms with Gasteiger partial charge in [-0.15, -0.1) is 0 Å². The minimum atomic E-state index is -1.56. The highest BCUT2D eigenvalue weighted by Gasteiger charge is 2.27. The van der Waals surface area contributed by atoms with Crippen LogP contribution in [0.3, 0.4) is 0 Å². The number of carboxylic acid groups (broad SMARTS) is 1. The Bertz CT molecular complexity index is 583. The number of hydrogen-bond donors (Lipinski definition) is 1. The number of nitrogens with zero attached hydrogens (tertiary/aromatic N) is 1. The quantitative estimate of drug-likeness (QED) is 0.371. The van der Waals surface area contributed by atoms with Crippen LogP contribution >= 0.6 is 0 Å². The maximum absolute atomic E-state index is 11.5. The Morgan fingerprint density at radius 3 is 2.45 bits per heavy atom. The Morgan fingerprint density at radius 1 is 1.36 bits per heavy atom. The fraction of sp³-hybridized carbons (Fsp3) is 0.429. The molecule has 0 aromatic heterocycles. The van der Waals surface area contributed by atoms with Gasteiger partial charge < -0.3 is 14.6 Å². The normalized spacial score (nSPS) is 11.8. The van der Waals surface area contributed by atoms with E-state index < -0.39 is 23.2 Å². The zero-order valence-corrected chi connectivity index (χ0v) is 12.4. The first-order valence-corrected chi connectivity index (χ1v) is 6.64. The molecule has 8 heteroatoms. The Balaban J connectivity index is 3.34. The van der Waals surface area contributed by atoms with Gasteiger partial charge >= 0.3 is 12.1 Å². The molecule has 0 saturated carbocycles. The van der Waals surface area contributed by atoms with Crippen molar-refractivity contribution >= 4 is 17.8 Å². The molecule has 0 aliphatic heterocycles. The molecule has 0 saturated heterocycles. The SMILES string of the molecule is CCC(=O)OC(c1cc([N+](=O)[O-])ccc1OC(=O)O)C(C)C. The molecular weight excluding hydrogens is 294 g/mol. The topological polar surface area (TPSA) is 116 Å². The van der Waals surface area contributed by atoms with Crippen LogP contribution in [0, 0.1) is 16.0 Å². The third-order valence-corrected chi connectivity index (χ3v) is 2.86. The molecular formula is C14H17NO7. The summed E-state index contributed by atoms with van der Waals surface area (Å²) in [4.78, 5) is 32.6. The Labute approximate surface area is 126 Å². The second kappa shape index (κ2) is 7.39. The van der Waals surface area contributed by atoms with Gasteiger partial charge in [-0.2, -0.15) is 0 Å². The van der Waals surface area contributed by atoms with Crippen molar-refractivity contribution < 1.29 is 29.1 Å². The van der Waals surface area contributed by atoms with Gasteiger partial charge in [-0.1, -0.05) is 20.8 Å². The van der Waals surface area contributed by atoms with Crippen LogP contribution in [0.15, 0.2) is 18.2 Å². The standard InChI is InChI=1S/C14H17NO7/c1-4-12(16)22-13(8(2)3)10-7-9(15(19)20)5-6-11(10)21-14(17)18/h5-8,13H,4H2,1-3H3,(H,17,18). The summed E-state index contributed by atoms with van der Waals surface area (Å²) in [5, 5.41) is 19.7. The minimum absolute atomic E-state index is 0.0966. The van der Waals surface area contributed by atoms with E-state index in [9.17, 15) is 19.7 Å². The van der Waals surface area contributed by atoms with E-state index >= 15 is 0 Å². The molecule has 0 aliphatic carbocycles. The van der Waals surface area contributed by atoms with Crippen molar-refractivity contribution in [1.82, 2.24) is 0 Å². The van der Waals surface area contributed by atoms with E-state index in [0.717, 1.165) is 12.1 Å². The highest BCUT2D eigenvalue weighted by atomic mass is 16.7. The number of ether oxygens (including phenoxy) is 2. The molecule has 8 nitrogen and oxygen atoms in total. The van der Waals surface area contributed by atoms with Gasteiger partial charge in [-0.05, 0) is 12.0 Å². The van der Waals surface area contributed by atoms with E-state index in [0.29, 0.717) is 0 Å². The van der Waals surface area contributed by atoms with Gasteiger partial charge in [0.25, 0.3) is 5.69 Å². The second-order valence-electron chi connectivity index (χ2n) is 4.86. The highest BCUT2D eigenvalue weighted by molar-refractivity contribution is 5.69. The van der Waals surface area contributed by atoms with Crippen LogP contribution in [-0.2, 0) is 9.53 Å². The van der Waals surface area contributed by atoms with E-state index in [-0.39, 0.29) is 29.3 Å². The summed E-state index contributed by atoms with van der Waals surface area (Å²) in [7, 11) is 0. The maximum Gasteiger partial charge on any atom is 0.511 e. The van der Waals surface area contributed by atoms with E-state index in [1.807, 2.05) is 0 Å². The zero-order chi connectivity index (χ0) is 16.9. The fourth-order valence-corrected chi connectivity index (χ4v) is 1.84. The number of carbonyl (C=O) groups is 2. The van der Waals surface area contributed by atoms with E-state index in [4.69, 9.17) is 9.84 Å². The lowest BCUT2D eigenvalue weighted by molar-refractivity contribution is -0.385. The number of benzene rings is 1. The number of rotatable bonds is 6. The van der Waals surface area contributed by atoms with Gasteiger partial charge in [0.05, 0.1) is 4.92 Å². The molecule has 1 atom stereocenters. The van der Waals surface area contributed by atoms with E-state index in [2.05, 4.69) is 4.74 Å². The molecule has 0 spiro atoms. The number of non-ortho nitro benzene ring substituents is 1. The fourth-order valence-electron chi connectivity index (χ4n) is 1.84. The van der Waals surface area contributed by atoms with Gasteiger partial charge in [-0.25, -0.2) is 4.79 Å². The molecule has 0 bridgehead atoms. The predicted molar refractivity (Wildman–Crippen MR) is 75.7 cm³/mol. The van der Waals surface area contributed by atoms with Crippen molar-refractivity contribution in [1.29, 1.82) is 0 Å². The number of esters is 1. The van der Waals surface area contributed by atoms with Crippen molar-refractivity contribution in [2.45, 2.75) is 33.3 Å². The molecule has 1 unspecified atom stereocenters. The van der Waals surface area contributed by atoms with Crippen LogP contribution in [0.2, 0.25) is 0 Å². The molecule has 0 heterocycles. The van der Waals surface area contributed by atoms with Crippen LogP contribution < -0.4 is 4.74 Å². The number of nitro groups is 1. The number of hydrogen-bond acceptors (Lipinski definition) is 6. The Kier molecular flexibility index (Phi) is 5.85. The second-order valence-corrected chi connectivity index (χ2v) is 4.86. The van der Waals surface area contributed by atoms with Crippen molar-refractivity contribution in [3.63, 3.8) is 0 Å². The third kappa shape index (κ3) is 4.44. The smallest absolute Gasteiger partial charge is 0.457 e. The predicted octanol–water partition coefficient (Wildman–Crippen LogP) is 3.30. The molecule has 0 fully saturated rings. The molecule has 1 aromatic rings. The summed E-state index contributed by atoms with van der Waals surface area (Å²) in [6.45, 7) is 5.11. The van der Waals surface area contributed by atoms with Crippen molar-refractivity contribution in [2.24, 2.45) is 5.92 Å². The summed E-state index contributed by atoms with van der Waals surface area (Å²) >= 11 is 0. The van der Waals surface area contributed by atoms with Gasteiger partial charge in [0.15, 0.2) is 0 Å². The van der Waals surface area contributed by atoms with Crippen molar-refractivity contribution in [2.75, 3.05) is 0 Å². The molecule has 1 rings (SSSR count). The molecule has 1 aromatic carbocycles. The summed E-state index contributed by atoms with van der Waals surface area (Å²) in [5.41, 5.74) is -0.0978. The van der Waals surface area contributed by atoms with Crippen LogP contribution in [0.5, 0.6) is 5.75 Å². The lowest BCUT2D eigenvalue weighted by Crippen LogP contribution is -2.18. The van der Waals surface area contributed by atoms with Gasteiger partial charge in [0.2, 0.25) is 0 Å². The first-order chi connectivity index (χ1) is 10.3. The average Bonchev–Trinajstić information content (AvgIpc) is 2.44. The monoisotopic (exact) mass is 311 g/mol. The number of nitro benzene ring substituents is 1. The molecule has 0 amide bonds. The first-order valence-electron chi connectivity index (χ1n) is 6.64. The van der Waals surface area contributed by atoms with Crippen LogP contribution in [0.25, 0.3) is 0 Å². The Hall–Kier alpha value is -2.64. The van der Waals surface area contributed by atoms with Crippen LogP contribution in [-0.4, -0.2) is 22.2 Å². The van der Waals surface area contributed by atoms with Gasteiger partial charge in [-0.3, -0.25) is 14.9 Å². The zero-order valence-electron chi connectivity index (χ0n) is 12.4. The maximum atomic E-state index is 11.5. The van der Waals surface area contributed by atoms with Crippen molar-refractivity contribution in [3.8, 4) is 5.75 Å². The van der Waals surface area contributed by atoms with E-state index in [1.165, 1.54) is 6.07 Å². The molecule has 1 N–H and O–H groups in total. The van der Waals surface area contributed by atoms with Crippen molar-refractivity contribution in [3.05, 3.63) is 33.9 Å². The van der Waals surface area contributed by atoms with Gasteiger partial charge in [0, 0.05) is 24.1 Å². The van der Waals surface area contributed by atoms with Crippen LogP contribution in [0.4, 0.5) is 10.5 Å². The van der Waals surface area contributed by atoms with Gasteiger partial charge in [0.1, 0.15) is 11.9 Å². The summed E-state index contributed by atoms with van der Waals surface area (Å²) in [6.07, 6.45) is -2.27. The largest absolute Gasteiger partial charge is 0.511 e. The summed E-state index contributed by atoms with van der Waals surface area (Å²) in [6, 6.07) is 3.46. The number of carbonyl (C=O) groups excluding carboxylic acids is 1. The molecule has 22 heavy (non-hydrogen) atoms. The minimum Gasteiger partial charge on any atom is -0.457 e. The van der Waals surface area contributed by atoms with E-state index in [1.54, 1.807) is 20.8 Å². The lowest BCUT2D eigenvalue weighted by atomic mass is 9.97. The molecule has 0 radical (unpaired) electrons. The summed E-state index contributed by atoms with van der Waals surface area (Å²) in [5.74, 6) is -0.819. The first kappa shape index (κ1) is 17.4. The molecule has 120 valence electrons. The lowest BCUT2D eigenvalue weighted by Gasteiger charge is -2.23. The highest BCUT2D eigenvalue weighted by Crippen LogP contribution is 2.36. The summed E-state index contributed by atoms with van der Waals surface area (Å²) < 4.78 is 9.90. The van der Waals surface area contributed by atoms with Crippen LogP contribution in [0.1, 0.15) is 38.9 Å². The Morgan fingerprint density at radius 2 is 2.00 bits per heavy atom.